The van der Waals surface area contributed by atoms with Crippen molar-refractivity contribution in [3.05, 3.63) is 35.6 Å². The molecule has 0 aliphatic rings. The maximum atomic E-state index is 13.1. The van der Waals surface area contributed by atoms with Gasteiger partial charge in [0.05, 0.1) is 6.42 Å². The summed E-state index contributed by atoms with van der Waals surface area (Å²) in [7, 11) is 0. The van der Waals surface area contributed by atoms with E-state index >= 15 is 0 Å². The van der Waals surface area contributed by atoms with Gasteiger partial charge in [0.15, 0.2) is 0 Å². The second kappa shape index (κ2) is 5.82. The summed E-state index contributed by atoms with van der Waals surface area (Å²) in [6.45, 7) is 0.434. The maximum Gasteiger partial charge on any atom is 0.224 e. The van der Waals surface area contributed by atoms with E-state index in [4.69, 9.17) is 6.42 Å². The lowest BCUT2D eigenvalue weighted by atomic mass is 10.1. The topological polar surface area (TPSA) is 29.1 Å². The quantitative estimate of drug-likeness (QED) is 0.586. The van der Waals surface area contributed by atoms with E-state index in [9.17, 15) is 9.18 Å². The molecule has 15 heavy (non-hydrogen) atoms. The molecule has 0 spiro atoms. The molecule has 1 aromatic rings. The molecule has 0 saturated carbocycles. The van der Waals surface area contributed by atoms with Crippen LogP contribution in [0.1, 0.15) is 12.0 Å². The van der Waals surface area contributed by atoms with E-state index in [2.05, 4.69) is 11.2 Å². The molecular formula is C12H12FNO. The molecule has 1 N–H and O–H groups in total. The van der Waals surface area contributed by atoms with E-state index in [1.807, 2.05) is 0 Å². The summed E-state index contributed by atoms with van der Waals surface area (Å²) in [5, 5.41) is 2.61. The Kier molecular flexibility index (Phi) is 4.36. The third-order valence-corrected chi connectivity index (χ3v) is 1.90. The summed E-state index contributed by atoms with van der Waals surface area (Å²) >= 11 is 0. The molecule has 2 nitrogen and oxygen atoms in total. The van der Waals surface area contributed by atoms with Crippen LogP contribution in [0.5, 0.6) is 0 Å². The number of carbonyl (C=O) groups is 1. The minimum atomic E-state index is -0.357. The summed E-state index contributed by atoms with van der Waals surface area (Å²) in [5.74, 6) is 1.84. The fraction of sp³-hybridized carbons (Fsp3) is 0.250. The van der Waals surface area contributed by atoms with Gasteiger partial charge in [-0.05, 0) is 11.6 Å². The Balaban J connectivity index is 2.45. The third-order valence-electron chi connectivity index (χ3n) is 1.90. The van der Waals surface area contributed by atoms with Gasteiger partial charge in [-0.2, -0.15) is 0 Å². The average Bonchev–Trinajstić information content (AvgIpc) is 2.22. The van der Waals surface area contributed by atoms with Crippen molar-refractivity contribution in [2.75, 3.05) is 6.54 Å². The van der Waals surface area contributed by atoms with Crippen LogP contribution in [-0.2, 0) is 11.2 Å². The molecule has 0 heterocycles. The molecule has 0 aliphatic carbocycles. The van der Waals surface area contributed by atoms with Crippen LogP contribution < -0.4 is 5.32 Å². The van der Waals surface area contributed by atoms with Crippen LogP contribution in [0.2, 0.25) is 0 Å². The monoisotopic (exact) mass is 205 g/mol. The first kappa shape index (κ1) is 11.3. The van der Waals surface area contributed by atoms with Crippen LogP contribution in [0, 0.1) is 18.2 Å². The van der Waals surface area contributed by atoms with Gasteiger partial charge in [-0.25, -0.2) is 4.39 Å². The van der Waals surface area contributed by atoms with E-state index in [1.165, 1.54) is 6.07 Å². The van der Waals surface area contributed by atoms with Crippen LogP contribution in [-0.4, -0.2) is 12.5 Å². The average molecular weight is 205 g/mol. The number of carbonyl (C=O) groups excluding carboxylic acids is 1. The predicted molar refractivity (Wildman–Crippen MR) is 56.6 cm³/mol. The standard InChI is InChI=1S/C12H12FNO/c1-2-3-8-14-12(15)9-10-6-4-5-7-11(10)13/h1,4-7H,3,8-9H2,(H,14,15). The molecule has 0 aromatic heterocycles. The van der Waals surface area contributed by atoms with E-state index in [0.29, 0.717) is 18.5 Å². The van der Waals surface area contributed by atoms with Gasteiger partial charge in [0, 0.05) is 13.0 Å². The highest BCUT2D eigenvalue weighted by Gasteiger charge is 2.06. The highest BCUT2D eigenvalue weighted by atomic mass is 19.1. The smallest absolute Gasteiger partial charge is 0.224 e. The fourth-order valence-electron chi connectivity index (χ4n) is 1.15. The Morgan fingerprint density at radius 2 is 2.20 bits per heavy atom. The lowest BCUT2D eigenvalue weighted by Gasteiger charge is -2.03. The minimum Gasteiger partial charge on any atom is -0.355 e. The second-order valence-electron chi connectivity index (χ2n) is 3.07. The van der Waals surface area contributed by atoms with Gasteiger partial charge >= 0.3 is 0 Å². The van der Waals surface area contributed by atoms with Crippen molar-refractivity contribution in [2.24, 2.45) is 0 Å². The third kappa shape index (κ3) is 3.82. The van der Waals surface area contributed by atoms with Gasteiger partial charge in [-0.15, -0.1) is 12.3 Å². The van der Waals surface area contributed by atoms with Gasteiger partial charge in [0.25, 0.3) is 0 Å². The van der Waals surface area contributed by atoms with Crippen LogP contribution in [0.3, 0.4) is 0 Å². The van der Waals surface area contributed by atoms with Crippen molar-refractivity contribution >= 4 is 5.91 Å². The van der Waals surface area contributed by atoms with Crippen molar-refractivity contribution < 1.29 is 9.18 Å². The van der Waals surface area contributed by atoms with Crippen LogP contribution in [0.25, 0.3) is 0 Å². The fourth-order valence-corrected chi connectivity index (χ4v) is 1.15. The van der Waals surface area contributed by atoms with Crippen molar-refractivity contribution in [3.63, 3.8) is 0 Å². The number of halogens is 1. The van der Waals surface area contributed by atoms with E-state index in [-0.39, 0.29) is 18.1 Å². The summed E-state index contributed by atoms with van der Waals surface area (Å²) in [5.41, 5.74) is 0.399. The Morgan fingerprint density at radius 3 is 2.87 bits per heavy atom. The highest BCUT2D eigenvalue weighted by Crippen LogP contribution is 2.06. The van der Waals surface area contributed by atoms with Gasteiger partial charge in [0.1, 0.15) is 5.82 Å². The van der Waals surface area contributed by atoms with Crippen LogP contribution in [0.4, 0.5) is 4.39 Å². The summed E-state index contributed by atoms with van der Waals surface area (Å²) in [4.78, 5) is 11.3. The van der Waals surface area contributed by atoms with Gasteiger partial charge in [-0.3, -0.25) is 4.79 Å². The molecule has 0 atom stereocenters. The molecule has 78 valence electrons. The number of hydrogen-bond acceptors (Lipinski definition) is 1. The number of terminal acetylenes is 1. The first-order valence-electron chi connectivity index (χ1n) is 4.67. The zero-order chi connectivity index (χ0) is 11.1. The SMILES string of the molecule is C#CCCNC(=O)Cc1ccccc1F. The number of hydrogen-bond donors (Lipinski definition) is 1. The molecule has 0 aliphatic heterocycles. The normalized spacial score (nSPS) is 9.33. The molecule has 0 fully saturated rings. The minimum absolute atomic E-state index is 0.0528. The zero-order valence-electron chi connectivity index (χ0n) is 8.29. The molecule has 1 rings (SSSR count). The summed E-state index contributed by atoms with van der Waals surface area (Å²) in [6, 6.07) is 6.22. The Labute approximate surface area is 88.5 Å². The van der Waals surface area contributed by atoms with Crippen molar-refractivity contribution in [1.29, 1.82) is 0 Å². The molecule has 0 bridgehead atoms. The van der Waals surface area contributed by atoms with Crippen molar-refractivity contribution in [2.45, 2.75) is 12.8 Å². The first-order chi connectivity index (χ1) is 7.24. The van der Waals surface area contributed by atoms with E-state index in [0.717, 1.165) is 0 Å². The van der Waals surface area contributed by atoms with Crippen LogP contribution >= 0.6 is 0 Å². The number of amides is 1. The lowest BCUT2D eigenvalue weighted by molar-refractivity contribution is -0.120. The molecule has 0 saturated heterocycles. The molecule has 1 aromatic carbocycles. The Bertz CT molecular complexity index is 381. The Morgan fingerprint density at radius 1 is 1.47 bits per heavy atom. The van der Waals surface area contributed by atoms with Gasteiger partial charge in [-0.1, -0.05) is 18.2 Å². The second-order valence-corrected chi connectivity index (χ2v) is 3.07. The molecular weight excluding hydrogens is 193 g/mol. The first-order valence-corrected chi connectivity index (χ1v) is 4.67. The number of rotatable bonds is 4. The zero-order valence-corrected chi connectivity index (χ0v) is 8.29. The summed E-state index contributed by atoms with van der Waals surface area (Å²) < 4.78 is 13.1. The van der Waals surface area contributed by atoms with Gasteiger partial charge < -0.3 is 5.32 Å². The predicted octanol–water partition coefficient (Wildman–Crippen LogP) is 1.51. The van der Waals surface area contributed by atoms with Crippen molar-refractivity contribution in [3.8, 4) is 12.3 Å². The molecule has 1 amide bonds. The number of benzene rings is 1. The van der Waals surface area contributed by atoms with E-state index in [1.54, 1.807) is 18.2 Å². The van der Waals surface area contributed by atoms with Gasteiger partial charge in [0.2, 0.25) is 5.91 Å². The highest BCUT2D eigenvalue weighted by molar-refractivity contribution is 5.78. The summed E-state index contributed by atoms with van der Waals surface area (Å²) in [6.07, 6.45) is 5.57. The lowest BCUT2D eigenvalue weighted by Crippen LogP contribution is -2.26. The van der Waals surface area contributed by atoms with Crippen molar-refractivity contribution in [1.82, 2.24) is 5.32 Å². The largest absolute Gasteiger partial charge is 0.355 e. The van der Waals surface area contributed by atoms with Crippen LogP contribution in [0.15, 0.2) is 24.3 Å². The number of nitrogens with one attached hydrogen (secondary N) is 1. The Hall–Kier alpha value is -1.82. The molecule has 0 unspecified atom stereocenters. The molecule has 0 radical (unpaired) electrons. The molecule has 3 heteroatoms. The van der Waals surface area contributed by atoms with E-state index < -0.39 is 0 Å². The maximum absolute atomic E-state index is 13.1.